The van der Waals surface area contributed by atoms with Crippen LogP contribution in [0.3, 0.4) is 0 Å². The number of carbonyl (C=O) groups excluding carboxylic acids is 1. The topological polar surface area (TPSA) is 70.1 Å². The number of hydrogen-bond donors (Lipinski definition) is 1. The molecule has 6 nitrogen and oxygen atoms in total. The Kier molecular flexibility index (Phi) is 5.71. The average molecular weight is 342 g/mol. The largest absolute Gasteiger partial charge is 0.480 e. The molecule has 0 aliphatic carbocycles. The van der Waals surface area contributed by atoms with Crippen LogP contribution < -0.4 is 4.74 Å². The van der Waals surface area contributed by atoms with Gasteiger partial charge in [0.2, 0.25) is 5.82 Å². The predicted octanol–water partition coefficient (Wildman–Crippen LogP) is 1.35. The first-order chi connectivity index (χ1) is 11.3. The Morgan fingerprint density at radius 3 is 2.38 bits per heavy atom. The summed E-state index contributed by atoms with van der Waals surface area (Å²) in [5.41, 5.74) is 0. The number of piperazine rings is 1. The summed E-state index contributed by atoms with van der Waals surface area (Å²) in [7, 11) is 0. The van der Waals surface area contributed by atoms with Crippen molar-refractivity contribution < 1.29 is 28.2 Å². The summed E-state index contributed by atoms with van der Waals surface area (Å²) in [4.78, 5) is 26.6. The van der Waals surface area contributed by atoms with Crippen LogP contribution in [0.1, 0.15) is 13.8 Å². The van der Waals surface area contributed by atoms with E-state index in [4.69, 9.17) is 9.84 Å². The minimum Gasteiger partial charge on any atom is -0.480 e. The summed E-state index contributed by atoms with van der Waals surface area (Å²) < 4.78 is 32.0. The zero-order valence-corrected chi connectivity index (χ0v) is 13.5. The molecule has 2 rings (SSSR count). The van der Waals surface area contributed by atoms with E-state index in [1.165, 1.54) is 24.0 Å². The van der Waals surface area contributed by atoms with Gasteiger partial charge in [-0.1, -0.05) is 6.07 Å². The molecule has 0 bridgehead atoms. The highest BCUT2D eigenvalue weighted by Crippen LogP contribution is 2.21. The van der Waals surface area contributed by atoms with Gasteiger partial charge >= 0.3 is 5.97 Å². The minimum atomic E-state index is -1.13. The Hall–Kier alpha value is -2.22. The van der Waals surface area contributed by atoms with E-state index in [1.54, 1.807) is 11.8 Å². The van der Waals surface area contributed by atoms with E-state index in [0.29, 0.717) is 26.2 Å². The molecule has 0 aromatic heterocycles. The maximum Gasteiger partial charge on any atom is 0.320 e. The van der Waals surface area contributed by atoms with Crippen molar-refractivity contribution in [1.29, 1.82) is 0 Å². The monoisotopic (exact) mass is 342 g/mol. The van der Waals surface area contributed by atoms with Crippen molar-refractivity contribution >= 4 is 11.9 Å². The van der Waals surface area contributed by atoms with E-state index in [1.807, 2.05) is 0 Å². The molecule has 1 aromatic carbocycles. The lowest BCUT2D eigenvalue weighted by Crippen LogP contribution is -2.55. The lowest BCUT2D eigenvalue weighted by molar-refractivity contribution is -0.145. The molecule has 1 fully saturated rings. The number of amides is 1. The number of hydrogen-bond acceptors (Lipinski definition) is 4. The Labute approximate surface area is 138 Å². The van der Waals surface area contributed by atoms with Gasteiger partial charge in [0.15, 0.2) is 17.7 Å². The zero-order chi connectivity index (χ0) is 17.9. The number of ether oxygens (including phenoxy) is 1. The molecule has 2 atom stereocenters. The van der Waals surface area contributed by atoms with E-state index >= 15 is 0 Å². The second-order valence-electron chi connectivity index (χ2n) is 5.69. The molecule has 1 aliphatic rings. The van der Waals surface area contributed by atoms with Crippen molar-refractivity contribution in [2.24, 2.45) is 0 Å². The first-order valence-corrected chi connectivity index (χ1v) is 7.67. The van der Waals surface area contributed by atoms with Gasteiger partial charge in [0.1, 0.15) is 6.04 Å². The Morgan fingerprint density at radius 2 is 1.79 bits per heavy atom. The van der Waals surface area contributed by atoms with E-state index in [0.717, 1.165) is 6.07 Å². The molecule has 1 aromatic rings. The number of halogens is 2. The molecule has 132 valence electrons. The van der Waals surface area contributed by atoms with Crippen LogP contribution in [0, 0.1) is 11.6 Å². The second-order valence-corrected chi connectivity index (χ2v) is 5.69. The van der Waals surface area contributed by atoms with Crippen molar-refractivity contribution in [2.45, 2.75) is 26.0 Å². The van der Waals surface area contributed by atoms with Gasteiger partial charge in [-0.2, -0.15) is 4.39 Å². The van der Waals surface area contributed by atoms with E-state index in [-0.39, 0.29) is 11.7 Å². The number of carboxylic acids is 1. The lowest BCUT2D eigenvalue weighted by atomic mass is 10.2. The standard InChI is InChI=1S/C16H20F2N2O4/c1-10(16(22)23)19-6-8-20(9-7-19)15(21)11(2)24-13-5-3-4-12(17)14(13)18/h3-5,10-11H,6-9H2,1-2H3,(H,22,23). The zero-order valence-electron chi connectivity index (χ0n) is 13.5. The van der Waals surface area contributed by atoms with Gasteiger partial charge in [-0.15, -0.1) is 0 Å². The molecule has 2 unspecified atom stereocenters. The molecule has 1 aliphatic heterocycles. The van der Waals surface area contributed by atoms with Crippen LogP contribution in [0.15, 0.2) is 18.2 Å². The van der Waals surface area contributed by atoms with Crippen molar-refractivity contribution in [1.82, 2.24) is 9.80 Å². The van der Waals surface area contributed by atoms with Crippen molar-refractivity contribution in [3.05, 3.63) is 29.8 Å². The third kappa shape index (κ3) is 4.00. The summed E-state index contributed by atoms with van der Waals surface area (Å²) in [5, 5.41) is 9.00. The predicted molar refractivity (Wildman–Crippen MR) is 81.7 cm³/mol. The van der Waals surface area contributed by atoms with Crippen molar-refractivity contribution in [2.75, 3.05) is 26.2 Å². The number of aliphatic carboxylic acids is 1. The second kappa shape index (κ2) is 7.57. The normalized spacial score (nSPS) is 18.1. The van der Waals surface area contributed by atoms with Crippen LogP contribution in [-0.4, -0.2) is 65.1 Å². The average Bonchev–Trinajstić information content (AvgIpc) is 2.57. The van der Waals surface area contributed by atoms with Crippen molar-refractivity contribution in [3.63, 3.8) is 0 Å². The van der Waals surface area contributed by atoms with Gasteiger partial charge in [0, 0.05) is 26.2 Å². The lowest BCUT2D eigenvalue weighted by Gasteiger charge is -2.37. The molecule has 24 heavy (non-hydrogen) atoms. The highest BCUT2D eigenvalue weighted by atomic mass is 19.2. The summed E-state index contributed by atoms with van der Waals surface area (Å²) in [6.45, 7) is 4.64. The van der Waals surface area contributed by atoms with Gasteiger partial charge < -0.3 is 14.7 Å². The summed E-state index contributed by atoms with van der Waals surface area (Å²) in [5.74, 6) is -3.73. The number of carbonyl (C=O) groups is 2. The van der Waals surface area contributed by atoms with E-state index in [9.17, 15) is 18.4 Å². The summed E-state index contributed by atoms with van der Waals surface area (Å²) >= 11 is 0. The summed E-state index contributed by atoms with van der Waals surface area (Å²) in [6, 6.07) is 2.92. The van der Waals surface area contributed by atoms with Crippen LogP contribution in [0.4, 0.5) is 8.78 Å². The maximum atomic E-state index is 13.6. The molecule has 0 saturated carbocycles. The Morgan fingerprint density at radius 1 is 1.17 bits per heavy atom. The molecular formula is C16H20F2N2O4. The smallest absolute Gasteiger partial charge is 0.320 e. The number of nitrogens with zero attached hydrogens (tertiary/aromatic N) is 2. The van der Waals surface area contributed by atoms with Crippen LogP contribution >= 0.6 is 0 Å². The molecule has 8 heteroatoms. The van der Waals surface area contributed by atoms with Gasteiger partial charge in [0.25, 0.3) is 5.91 Å². The van der Waals surface area contributed by atoms with Crippen LogP contribution in [0.25, 0.3) is 0 Å². The van der Waals surface area contributed by atoms with E-state index in [2.05, 4.69) is 0 Å². The third-order valence-corrected chi connectivity index (χ3v) is 4.10. The maximum absolute atomic E-state index is 13.6. The molecule has 1 heterocycles. The quantitative estimate of drug-likeness (QED) is 0.875. The number of carboxylic acid groups (broad SMARTS) is 1. The molecule has 0 radical (unpaired) electrons. The fourth-order valence-electron chi connectivity index (χ4n) is 2.56. The van der Waals surface area contributed by atoms with Gasteiger partial charge in [-0.25, -0.2) is 4.39 Å². The minimum absolute atomic E-state index is 0.311. The number of benzene rings is 1. The Bertz CT molecular complexity index is 618. The molecule has 1 N–H and O–H groups in total. The first kappa shape index (κ1) is 18.1. The molecule has 0 spiro atoms. The number of rotatable bonds is 5. The SMILES string of the molecule is CC(Oc1cccc(F)c1F)C(=O)N1CCN(C(C)C(=O)O)CC1. The molecule has 1 saturated heterocycles. The molecule has 1 amide bonds. The fourth-order valence-corrected chi connectivity index (χ4v) is 2.56. The highest BCUT2D eigenvalue weighted by molar-refractivity contribution is 5.81. The van der Waals surface area contributed by atoms with Crippen LogP contribution in [-0.2, 0) is 9.59 Å². The molecular weight excluding hydrogens is 322 g/mol. The third-order valence-electron chi connectivity index (χ3n) is 4.10. The first-order valence-electron chi connectivity index (χ1n) is 7.67. The van der Waals surface area contributed by atoms with Gasteiger partial charge in [-0.05, 0) is 26.0 Å². The Balaban J connectivity index is 1.93. The summed E-state index contributed by atoms with van der Waals surface area (Å²) in [6.07, 6.45) is -0.968. The van der Waals surface area contributed by atoms with Gasteiger partial charge in [0.05, 0.1) is 0 Å². The van der Waals surface area contributed by atoms with Gasteiger partial charge in [-0.3, -0.25) is 14.5 Å². The van der Waals surface area contributed by atoms with Crippen molar-refractivity contribution in [3.8, 4) is 5.75 Å². The van der Waals surface area contributed by atoms with Crippen LogP contribution in [0.5, 0.6) is 5.75 Å². The fraction of sp³-hybridized carbons (Fsp3) is 0.500. The van der Waals surface area contributed by atoms with Crippen LogP contribution in [0.2, 0.25) is 0 Å². The highest BCUT2D eigenvalue weighted by Gasteiger charge is 2.30. The van der Waals surface area contributed by atoms with E-state index < -0.39 is 29.7 Å².